The number of urea groups is 1. The summed E-state index contributed by atoms with van der Waals surface area (Å²) in [5, 5.41) is 14.9. The van der Waals surface area contributed by atoms with Crippen LogP contribution < -0.4 is 5.32 Å². The summed E-state index contributed by atoms with van der Waals surface area (Å²) < 4.78 is 41.7. The largest absolute Gasteiger partial charge is 0.437 e. The van der Waals surface area contributed by atoms with E-state index in [1.165, 1.54) is 36.4 Å². The molecule has 2 N–H and O–H groups in total. The molecule has 0 unspecified atom stereocenters. The number of thiophene rings is 1. The molecule has 0 saturated carbocycles. The van der Waals surface area contributed by atoms with Crippen LogP contribution in [0.2, 0.25) is 5.02 Å². The maximum Gasteiger partial charge on any atom is 0.437 e. The van der Waals surface area contributed by atoms with Gasteiger partial charge >= 0.3 is 12.2 Å². The minimum absolute atomic E-state index is 0.0474. The Morgan fingerprint density at radius 2 is 1.93 bits per heavy atom. The Balaban J connectivity index is 2.19. The average Bonchev–Trinajstić information content (AvgIpc) is 3.13. The van der Waals surface area contributed by atoms with Gasteiger partial charge in [0.05, 0.1) is 10.9 Å². The zero-order valence-corrected chi connectivity index (χ0v) is 15.4. The van der Waals surface area contributed by atoms with Gasteiger partial charge in [-0.25, -0.2) is 4.79 Å². The minimum Gasteiger partial charge on any atom is -0.363 e. The maximum absolute atomic E-state index is 13.9. The molecule has 0 spiro atoms. The molecule has 2 heterocycles. The van der Waals surface area contributed by atoms with E-state index in [-0.39, 0.29) is 15.3 Å². The molecule has 0 bridgehead atoms. The Morgan fingerprint density at radius 1 is 1.30 bits per heavy atom. The van der Waals surface area contributed by atoms with Crippen LogP contribution in [-0.4, -0.2) is 40.8 Å². The molecule has 10 heteroatoms. The average molecular weight is 419 g/mol. The minimum atomic E-state index is -5.26. The molecule has 0 radical (unpaired) electrons. The van der Waals surface area contributed by atoms with Crippen LogP contribution in [0.3, 0.4) is 0 Å². The fourth-order valence-electron chi connectivity index (χ4n) is 3.13. The van der Waals surface area contributed by atoms with Crippen LogP contribution in [-0.2, 0) is 0 Å². The van der Waals surface area contributed by atoms with Gasteiger partial charge < -0.3 is 10.4 Å². The van der Waals surface area contributed by atoms with Gasteiger partial charge in [-0.1, -0.05) is 29.8 Å². The number of nitrogens with one attached hydrogen (secondary N) is 1. The molecule has 2 amide bonds. The van der Waals surface area contributed by atoms with Gasteiger partial charge in [-0.15, -0.1) is 11.3 Å². The quantitative estimate of drug-likeness (QED) is 0.744. The summed E-state index contributed by atoms with van der Waals surface area (Å²) in [6, 6.07) is 6.03. The SMILES string of the molecule is CN1C(=O)N[C@H](c2ccc(Cl)cc2)[C@H](C(=O)c2cccs2)[C@]1(O)C(F)(F)F. The number of rotatable bonds is 3. The van der Waals surface area contributed by atoms with Crippen LogP contribution in [0.5, 0.6) is 0 Å². The number of carbonyl (C=O) groups excluding carboxylic acids is 2. The second-order valence-electron chi connectivity index (χ2n) is 6.08. The fraction of sp³-hybridized carbons (Fsp3) is 0.294. The van der Waals surface area contributed by atoms with E-state index in [0.717, 1.165) is 18.4 Å². The summed E-state index contributed by atoms with van der Waals surface area (Å²) in [5.41, 5.74) is -3.46. The van der Waals surface area contributed by atoms with Crippen LogP contribution in [0.25, 0.3) is 0 Å². The molecule has 3 rings (SSSR count). The van der Waals surface area contributed by atoms with Gasteiger partial charge in [-0.05, 0) is 29.1 Å². The highest BCUT2D eigenvalue weighted by molar-refractivity contribution is 7.12. The van der Waals surface area contributed by atoms with Crippen molar-refractivity contribution in [3.05, 3.63) is 57.2 Å². The molecule has 1 aromatic heterocycles. The summed E-state index contributed by atoms with van der Waals surface area (Å²) in [4.78, 5) is 25.3. The van der Waals surface area contributed by atoms with Gasteiger partial charge in [0.1, 0.15) is 5.92 Å². The van der Waals surface area contributed by atoms with Gasteiger partial charge in [0.2, 0.25) is 0 Å². The van der Waals surface area contributed by atoms with Crippen molar-refractivity contribution in [1.82, 2.24) is 10.2 Å². The molecule has 27 heavy (non-hydrogen) atoms. The third-order valence-corrected chi connectivity index (χ3v) is 5.69. The van der Waals surface area contributed by atoms with E-state index in [9.17, 15) is 27.9 Å². The first-order chi connectivity index (χ1) is 12.6. The number of aliphatic hydroxyl groups is 1. The van der Waals surface area contributed by atoms with Gasteiger partial charge in [-0.2, -0.15) is 13.2 Å². The summed E-state index contributed by atoms with van der Waals surface area (Å²) in [6.07, 6.45) is -5.26. The number of Topliss-reactive ketones (excluding diaryl/α,β-unsaturated/α-hetero) is 1. The van der Waals surface area contributed by atoms with Crippen molar-refractivity contribution in [3.63, 3.8) is 0 Å². The zero-order chi connectivity index (χ0) is 20.0. The van der Waals surface area contributed by atoms with Gasteiger partial charge in [0.15, 0.2) is 5.78 Å². The molecule has 144 valence electrons. The van der Waals surface area contributed by atoms with Gasteiger partial charge in [0, 0.05) is 12.1 Å². The predicted octanol–water partition coefficient (Wildman–Crippen LogP) is 3.85. The lowest BCUT2D eigenvalue weighted by molar-refractivity contribution is -0.322. The molecule has 1 aliphatic rings. The van der Waals surface area contributed by atoms with Crippen molar-refractivity contribution < 1.29 is 27.9 Å². The van der Waals surface area contributed by atoms with Crippen molar-refractivity contribution in [1.29, 1.82) is 0 Å². The Morgan fingerprint density at radius 3 is 2.44 bits per heavy atom. The molecule has 1 fully saturated rings. The van der Waals surface area contributed by atoms with E-state index in [4.69, 9.17) is 11.6 Å². The molecular weight excluding hydrogens is 405 g/mol. The summed E-state index contributed by atoms with van der Waals surface area (Å²) in [5.74, 6) is -2.93. The molecule has 1 aliphatic heterocycles. The molecule has 3 atom stereocenters. The van der Waals surface area contributed by atoms with Crippen molar-refractivity contribution in [2.24, 2.45) is 5.92 Å². The molecule has 2 aromatic rings. The van der Waals surface area contributed by atoms with E-state index in [0.29, 0.717) is 5.02 Å². The van der Waals surface area contributed by atoms with Crippen molar-refractivity contribution >= 4 is 34.8 Å². The topological polar surface area (TPSA) is 69.6 Å². The standard InChI is InChI=1S/C17H14ClF3N2O3S/c1-23-15(25)22-13(9-4-6-10(18)7-5-9)12(16(23,26)17(19,20)21)14(24)11-3-2-8-27-11/h2-8,12-13,26H,1H3,(H,22,25)/t12-,13-,16+/m1/s1. The summed E-state index contributed by atoms with van der Waals surface area (Å²) in [6.45, 7) is 0. The lowest BCUT2D eigenvalue weighted by Crippen LogP contribution is -2.72. The number of hydrogen-bond acceptors (Lipinski definition) is 4. The highest BCUT2D eigenvalue weighted by Crippen LogP contribution is 2.47. The molecular formula is C17H14ClF3N2O3S. The van der Waals surface area contributed by atoms with Crippen LogP contribution in [0.4, 0.5) is 18.0 Å². The second kappa shape index (κ2) is 6.81. The Labute approximate surface area is 161 Å². The first-order valence-electron chi connectivity index (χ1n) is 7.74. The highest BCUT2D eigenvalue weighted by atomic mass is 35.5. The normalized spacial score (nSPS) is 26.0. The lowest BCUT2D eigenvalue weighted by Gasteiger charge is -2.49. The smallest absolute Gasteiger partial charge is 0.363 e. The van der Waals surface area contributed by atoms with E-state index in [2.05, 4.69) is 5.32 Å². The number of carbonyl (C=O) groups is 2. The van der Waals surface area contributed by atoms with E-state index < -0.39 is 35.7 Å². The first kappa shape index (κ1) is 19.7. The fourth-order valence-corrected chi connectivity index (χ4v) is 3.96. The zero-order valence-electron chi connectivity index (χ0n) is 13.8. The van der Waals surface area contributed by atoms with Gasteiger partial charge in [-0.3, -0.25) is 9.69 Å². The predicted molar refractivity (Wildman–Crippen MR) is 93.6 cm³/mol. The first-order valence-corrected chi connectivity index (χ1v) is 8.99. The second-order valence-corrected chi connectivity index (χ2v) is 7.46. The Bertz CT molecular complexity index is 857. The highest BCUT2D eigenvalue weighted by Gasteiger charge is 2.69. The summed E-state index contributed by atoms with van der Waals surface area (Å²) in [7, 11) is 0.801. The van der Waals surface area contributed by atoms with Crippen LogP contribution in [0.1, 0.15) is 21.3 Å². The Hall–Kier alpha value is -2.10. The third kappa shape index (κ3) is 3.19. The Kier molecular flexibility index (Phi) is 4.96. The van der Waals surface area contributed by atoms with E-state index in [1.807, 2.05) is 0 Å². The number of halogens is 4. The number of amides is 2. The molecule has 1 saturated heterocycles. The van der Waals surface area contributed by atoms with Crippen molar-refractivity contribution in [3.8, 4) is 0 Å². The number of ketones is 1. The monoisotopic (exact) mass is 418 g/mol. The molecule has 5 nitrogen and oxygen atoms in total. The van der Waals surface area contributed by atoms with Crippen LogP contribution in [0, 0.1) is 5.92 Å². The van der Waals surface area contributed by atoms with E-state index >= 15 is 0 Å². The number of alkyl halides is 3. The van der Waals surface area contributed by atoms with E-state index in [1.54, 1.807) is 5.38 Å². The number of benzene rings is 1. The third-order valence-electron chi connectivity index (χ3n) is 4.55. The lowest BCUT2D eigenvalue weighted by atomic mass is 9.78. The maximum atomic E-state index is 13.9. The van der Waals surface area contributed by atoms with Crippen molar-refractivity contribution in [2.75, 3.05) is 7.05 Å². The van der Waals surface area contributed by atoms with Crippen LogP contribution >= 0.6 is 22.9 Å². The number of hydrogen-bond donors (Lipinski definition) is 2. The van der Waals surface area contributed by atoms with Gasteiger partial charge in [0.25, 0.3) is 5.72 Å². The van der Waals surface area contributed by atoms with Crippen LogP contribution in [0.15, 0.2) is 41.8 Å². The summed E-state index contributed by atoms with van der Waals surface area (Å²) >= 11 is 6.78. The van der Waals surface area contributed by atoms with Crippen molar-refractivity contribution in [2.45, 2.75) is 17.9 Å². The molecule has 0 aliphatic carbocycles. The molecule has 1 aromatic carbocycles. The number of nitrogens with zero attached hydrogens (tertiary/aromatic N) is 1.